The highest BCUT2D eigenvalue weighted by Gasteiger charge is 2.56. The Morgan fingerprint density at radius 2 is 1.79 bits per heavy atom. The van der Waals surface area contributed by atoms with Crippen molar-refractivity contribution in [2.24, 2.45) is 0 Å². The molecule has 0 radical (unpaired) electrons. The quantitative estimate of drug-likeness (QED) is 0.851. The van der Waals surface area contributed by atoms with Gasteiger partial charge in [-0.25, -0.2) is 0 Å². The summed E-state index contributed by atoms with van der Waals surface area (Å²) < 4.78 is 38.9. The van der Waals surface area contributed by atoms with E-state index in [0.717, 1.165) is 0 Å². The molecule has 1 rings (SSSR count). The molecule has 19 heavy (non-hydrogen) atoms. The van der Waals surface area contributed by atoms with Gasteiger partial charge in [-0.15, -0.1) is 0 Å². The number of aldehydes is 1. The van der Waals surface area contributed by atoms with Crippen LogP contribution in [-0.2, 0) is 10.2 Å². The van der Waals surface area contributed by atoms with Crippen LogP contribution in [0, 0.1) is 0 Å². The Morgan fingerprint density at radius 1 is 1.26 bits per heavy atom. The van der Waals surface area contributed by atoms with Gasteiger partial charge in [0, 0.05) is 10.9 Å². The smallest absolute Gasteiger partial charge is 0.374 e. The van der Waals surface area contributed by atoms with Gasteiger partial charge in [-0.2, -0.15) is 13.2 Å². The fourth-order valence-electron chi connectivity index (χ4n) is 1.99. The van der Waals surface area contributed by atoms with E-state index < -0.39 is 29.9 Å². The second-order valence-electron chi connectivity index (χ2n) is 5.08. The number of carbonyl (C=O) groups is 1. The van der Waals surface area contributed by atoms with Gasteiger partial charge in [0.1, 0.15) is 0 Å². The van der Waals surface area contributed by atoms with Crippen LogP contribution in [0.1, 0.15) is 25.8 Å². The van der Waals surface area contributed by atoms with Crippen LogP contribution in [0.4, 0.5) is 13.2 Å². The summed E-state index contributed by atoms with van der Waals surface area (Å²) in [4.78, 5) is 10.7. The molecule has 0 amide bonds. The molecule has 1 N–H and O–H groups in total. The van der Waals surface area contributed by atoms with E-state index in [2.05, 4.69) is 15.9 Å². The van der Waals surface area contributed by atoms with Gasteiger partial charge < -0.3 is 5.11 Å². The number of rotatable bonds is 4. The van der Waals surface area contributed by atoms with Crippen molar-refractivity contribution < 1.29 is 23.1 Å². The van der Waals surface area contributed by atoms with E-state index in [1.54, 1.807) is 38.1 Å². The van der Waals surface area contributed by atoms with Crippen LogP contribution >= 0.6 is 15.9 Å². The molecule has 1 aromatic carbocycles. The average molecular weight is 339 g/mol. The molecular formula is C13H14BrF3O2. The van der Waals surface area contributed by atoms with Gasteiger partial charge in [-0.05, 0) is 17.0 Å². The summed E-state index contributed by atoms with van der Waals surface area (Å²) in [5.41, 5.74) is -3.77. The Morgan fingerprint density at radius 3 is 2.21 bits per heavy atom. The summed E-state index contributed by atoms with van der Waals surface area (Å²) in [5.74, 6) is 0. The van der Waals surface area contributed by atoms with Crippen molar-refractivity contribution in [1.29, 1.82) is 0 Å². The molecule has 0 aliphatic carbocycles. The maximum Gasteiger partial charge on any atom is 0.424 e. The second-order valence-corrected chi connectivity index (χ2v) is 5.93. The Labute approximate surface area is 117 Å². The van der Waals surface area contributed by atoms with Gasteiger partial charge in [0.05, 0.1) is 0 Å². The molecule has 1 aromatic rings. The molecule has 106 valence electrons. The Bertz CT molecular complexity index is 471. The Hall–Kier alpha value is -0.880. The standard InChI is InChI=1S/C13H14BrF3O2/c1-11(2,9-5-3-4-6-10(9)14)7-12(19,8-18)13(15,16)17/h3-6,8,19H,7H2,1-2H3. The summed E-state index contributed by atoms with van der Waals surface area (Å²) in [6, 6.07) is 6.78. The molecule has 0 aromatic heterocycles. The maximum absolute atomic E-state index is 12.8. The lowest BCUT2D eigenvalue weighted by Gasteiger charge is -2.34. The zero-order valence-electron chi connectivity index (χ0n) is 10.5. The van der Waals surface area contributed by atoms with E-state index in [-0.39, 0.29) is 0 Å². The minimum atomic E-state index is -4.99. The largest absolute Gasteiger partial charge is 0.424 e. The summed E-state index contributed by atoms with van der Waals surface area (Å²) in [5, 5.41) is 9.54. The lowest BCUT2D eigenvalue weighted by Crippen LogP contribution is -2.50. The van der Waals surface area contributed by atoms with Gasteiger partial charge in [-0.3, -0.25) is 4.79 Å². The highest BCUT2D eigenvalue weighted by molar-refractivity contribution is 9.10. The van der Waals surface area contributed by atoms with Gasteiger partial charge in [0.25, 0.3) is 0 Å². The van der Waals surface area contributed by atoms with E-state index in [4.69, 9.17) is 0 Å². The fourth-order valence-corrected chi connectivity index (χ4v) is 2.81. The first-order valence-corrected chi connectivity index (χ1v) is 6.33. The summed E-state index contributed by atoms with van der Waals surface area (Å²) in [6.45, 7) is 3.10. The lowest BCUT2D eigenvalue weighted by molar-refractivity contribution is -0.250. The lowest BCUT2D eigenvalue weighted by atomic mass is 9.75. The van der Waals surface area contributed by atoms with Crippen molar-refractivity contribution in [2.45, 2.75) is 37.5 Å². The van der Waals surface area contributed by atoms with E-state index in [0.29, 0.717) is 10.0 Å². The zero-order chi connectivity index (χ0) is 14.9. The van der Waals surface area contributed by atoms with Crippen molar-refractivity contribution in [3.8, 4) is 0 Å². The number of alkyl halides is 3. The third-order valence-electron chi connectivity index (χ3n) is 3.00. The topological polar surface area (TPSA) is 37.3 Å². The molecule has 0 fully saturated rings. The van der Waals surface area contributed by atoms with Crippen LogP contribution in [0.5, 0.6) is 0 Å². The van der Waals surface area contributed by atoms with Gasteiger partial charge in [0.2, 0.25) is 5.60 Å². The number of aliphatic hydroxyl groups is 1. The first-order valence-electron chi connectivity index (χ1n) is 5.54. The molecule has 0 saturated carbocycles. The SMILES string of the molecule is CC(C)(CC(O)(C=O)C(F)(F)F)c1ccccc1Br. The van der Waals surface area contributed by atoms with Crippen LogP contribution in [-0.4, -0.2) is 23.2 Å². The minimum absolute atomic E-state index is 0.439. The molecule has 1 unspecified atom stereocenters. The molecule has 2 nitrogen and oxygen atoms in total. The highest BCUT2D eigenvalue weighted by Crippen LogP contribution is 2.41. The molecule has 0 aliphatic heterocycles. The van der Waals surface area contributed by atoms with Crippen LogP contribution in [0.2, 0.25) is 0 Å². The normalized spacial score (nSPS) is 15.9. The van der Waals surface area contributed by atoms with Crippen molar-refractivity contribution >= 4 is 22.2 Å². The molecule has 0 heterocycles. The summed E-state index contributed by atoms with van der Waals surface area (Å²) in [7, 11) is 0. The third-order valence-corrected chi connectivity index (χ3v) is 3.69. The predicted molar refractivity (Wildman–Crippen MR) is 68.9 cm³/mol. The second kappa shape index (κ2) is 5.25. The van der Waals surface area contributed by atoms with Crippen molar-refractivity contribution in [3.63, 3.8) is 0 Å². The Balaban J connectivity index is 3.16. The molecule has 6 heteroatoms. The van der Waals surface area contributed by atoms with E-state index in [1.165, 1.54) is 0 Å². The van der Waals surface area contributed by atoms with Crippen molar-refractivity contribution in [1.82, 2.24) is 0 Å². The Kier molecular flexibility index (Phi) is 4.47. The number of benzene rings is 1. The number of hydrogen-bond acceptors (Lipinski definition) is 2. The number of halogens is 4. The molecular weight excluding hydrogens is 325 g/mol. The molecule has 0 saturated heterocycles. The van der Waals surface area contributed by atoms with Crippen LogP contribution in [0.25, 0.3) is 0 Å². The molecule has 0 bridgehead atoms. The van der Waals surface area contributed by atoms with Crippen LogP contribution in [0.3, 0.4) is 0 Å². The molecule has 1 atom stereocenters. The number of hydrogen-bond donors (Lipinski definition) is 1. The molecule has 0 aliphatic rings. The van der Waals surface area contributed by atoms with Crippen molar-refractivity contribution in [2.75, 3.05) is 0 Å². The fraction of sp³-hybridized carbons (Fsp3) is 0.462. The average Bonchev–Trinajstić information content (AvgIpc) is 2.27. The first-order chi connectivity index (χ1) is 8.53. The maximum atomic E-state index is 12.8. The van der Waals surface area contributed by atoms with Gasteiger partial charge in [-0.1, -0.05) is 48.0 Å². The van der Waals surface area contributed by atoms with E-state index in [1.807, 2.05) is 0 Å². The minimum Gasteiger partial charge on any atom is -0.374 e. The molecule has 0 spiro atoms. The third kappa shape index (κ3) is 3.36. The number of carbonyl (C=O) groups excluding carboxylic acids is 1. The zero-order valence-corrected chi connectivity index (χ0v) is 12.0. The monoisotopic (exact) mass is 338 g/mol. The van der Waals surface area contributed by atoms with Gasteiger partial charge in [0.15, 0.2) is 6.29 Å². The summed E-state index contributed by atoms with van der Waals surface area (Å²) in [6.07, 6.45) is -6.17. The van der Waals surface area contributed by atoms with Crippen LogP contribution in [0.15, 0.2) is 28.7 Å². The predicted octanol–water partition coefficient (Wildman–Crippen LogP) is 3.61. The van der Waals surface area contributed by atoms with Crippen LogP contribution < -0.4 is 0 Å². The van der Waals surface area contributed by atoms with Crippen molar-refractivity contribution in [3.05, 3.63) is 34.3 Å². The summed E-state index contributed by atoms with van der Waals surface area (Å²) >= 11 is 3.26. The van der Waals surface area contributed by atoms with E-state index >= 15 is 0 Å². The first kappa shape index (κ1) is 16.2. The highest BCUT2D eigenvalue weighted by atomic mass is 79.9. The van der Waals surface area contributed by atoms with Gasteiger partial charge >= 0.3 is 6.18 Å². The van der Waals surface area contributed by atoms with E-state index in [9.17, 15) is 23.1 Å².